The molecule has 1 amide bonds. The molecule has 3 N–H and O–H groups in total. The number of hydrogen-bond donors (Lipinski definition) is 3. The van der Waals surface area contributed by atoms with Gasteiger partial charge in [-0.25, -0.2) is 4.98 Å². The second kappa shape index (κ2) is 8.48. The number of hydrogen-bond acceptors (Lipinski definition) is 2. The van der Waals surface area contributed by atoms with Crippen LogP contribution < -0.4 is 5.32 Å². The Morgan fingerprint density at radius 3 is 2.48 bits per heavy atom. The average molecular weight is 409 g/mol. The molecular weight excluding hydrogens is 384 g/mol. The van der Waals surface area contributed by atoms with E-state index >= 15 is 0 Å². The second-order valence-electron chi connectivity index (χ2n) is 7.81. The predicted molar refractivity (Wildman–Crippen MR) is 124 cm³/mol. The molecule has 0 bridgehead atoms. The van der Waals surface area contributed by atoms with E-state index in [1.165, 1.54) is 5.39 Å². The second-order valence-corrected chi connectivity index (χ2v) is 7.81. The number of para-hydroxylation sites is 3. The summed E-state index contributed by atoms with van der Waals surface area (Å²) in [6.45, 7) is 0. The van der Waals surface area contributed by atoms with Gasteiger partial charge in [-0.3, -0.25) is 4.79 Å². The molecule has 5 nitrogen and oxygen atoms in total. The van der Waals surface area contributed by atoms with E-state index in [9.17, 15) is 4.79 Å². The molecule has 0 aliphatic carbocycles. The lowest BCUT2D eigenvalue weighted by Gasteiger charge is -2.17. The van der Waals surface area contributed by atoms with Gasteiger partial charge in [-0.2, -0.15) is 0 Å². The Morgan fingerprint density at radius 2 is 1.65 bits per heavy atom. The number of fused-ring (bicyclic) bond motifs is 2. The molecule has 0 aliphatic heterocycles. The summed E-state index contributed by atoms with van der Waals surface area (Å²) in [6.07, 6.45) is 3.79. The number of amides is 1. The summed E-state index contributed by atoms with van der Waals surface area (Å²) in [6, 6.07) is 26.1. The number of carbonyl (C=O) groups is 1. The Kier molecular flexibility index (Phi) is 5.23. The van der Waals surface area contributed by atoms with Crippen LogP contribution in [0.1, 0.15) is 29.4 Å². The van der Waals surface area contributed by atoms with Gasteiger partial charge in [-0.15, -0.1) is 0 Å². The minimum Gasteiger partial charge on any atom is -0.361 e. The minimum atomic E-state index is -0.217. The van der Waals surface area contributed by atoms with Crippen LogP contribution in [-0.2, 0) is 17.6 Å². The highest BCUT2D eigenvalue weighted by atomic mass is 16.1. The molecule has 5 heteroatoms. The van der Waals surface area contributed by atoms with Gasteiger partial charge in [0.2, 0.25) is 5.91 Å². The largest absolute Gasteiger partial charge is 0.361 e. The van der Waals surface area contributed by atoms with Gasteiger partial charge in [0.15, 0.2) is 0 Å². The summed E-state index contributed by atoms with van der Waals surface area (Å²) in [5.41, 5.74) is 5.30. The van der Waals surface area contributed by atoms with E-state index in [1.807, 2.05) is 60.8 Å². The van der Waals surface area contributed by atoms with Gasteiger partial charge in [0.05, 0.1) is 17.1 Å². The molecule has 0 radical (unpaired) electrons. The van der Waals surface area contributed by atoms with Gasteiger partial charge < -0.3 is 15.3 Å². The zero-order chi connectivity index (χ0) is 21.0. The quantitative estimate of drug-likeness (QED) is 0.351. The van der Waals surface area contributed by atoms with E-state index in [0.29, 0.717) is 19.3 Å². The summed E-state index contributed by atoms with van der Waals surface area (Å²) in [5, 5.41) is 4.38. The van der Waals surface area contributed by atoms with E-state index in [1.54, 1.807) is 0 Å². The SMILES string of the molecule is O=C(CCc1c[nH]c2ccccc12)NC(Cc1ccccc1)c1nc2ccccc2[nH]1. The Balaban J connectivity index is 1.34. The van der Waals surface area contributed by atoms with Gasteiger partial charge in [-0.05, 0) is 42.2 Å². The normalized spacial score (nSPS) is 12.3. The summed E-state index contributed by atoms with van der Waals surface area (Å²) in [7, 11) is 0. The van der Waals surface area contributed by atoms with Crippen molar-refractivity contribution in [2.75, 3.05) is 0 Å². The van der Waals surface area contributed by atoms with E-state index in [-0.39, 0.29) is 11.9 Å². The van der Waals surface area contributed by atoms with Crippen LogP contribution in [0.4, 0.5) is 0 Å². The third-order valence-corrected chi connectivity index (χ3v) is 5.65. The monoisotopic (exact) mass is 408 g/mol. The molecule has 0 fully saturated rings. The van der Waals surface area contributed by atoms with Gasteiger partial charge in [0.25, 0.3) is 0 Å². The lowest BCUT2D eigenvalue weighted by Crippen LogP contribution is -2.31. The van der Waals surface area contributed by atoms with Crippen LogP contribution in [0, 0.1) is 0 Å². The molecule has 2 aromatic heterocycles. The fraction of sp³-hybridized carbons (Fsp3) is 0.154. The molecule has 2 heterocycles. The molecule has 0 saturated carbocycles. The maximum Gasteiger partial charge on any atom is 0.220 e. The van der Waals surface area contributed by atoms with Crippen molar-refractivity contribution < 1.29 is 4.79 Å². The van der Waals surface area contributed by atoms with Gasteiger partial charge in [0.1, 0.15) is 5.82 Å². The molecule has 3 aromatic carbocycles. The zero-order valence-corrected chi connectivity index (χ0v) is 17.1. The van der Waals surface area contributed by atoms with Crippen molar-refractivity contribution in [3.05, 3.63) is 102 Å². The van der Waals surface area contributed by atoms with E-state index in [4.69, 9.17) is 4.98 Å². The lowest BCUT2D eigenvalue weighted by molar-refractivity contribution is -0.121. The first-order valence-corrected chi connectivity index (χ1v) is 10.6. The first kappa shape index (κ1) is 19.1. The van der Waals surface area contributed by atoms with Crippen molar-refractivity contribution >= 4 is 27.8 Å². The Bertz CT molecular complexity index is 1290. The van der Waals surface area contributed by atoms with Crippen molar-refractivity contribution in [1.29, 1.82) is 0 Å². The number of carbonyl (C=O) groups excluding carboxylic acids is 1. The Morgan fingerprint density at radius 1 is 0.903 bits per heavy atom. The van der Waals surface area contributed by atoms with Crippen LogP contribution in [0.15, 0.2) is 85.1 Å². The Hall–Kier alpha value is -3.86. The number of nitrogens with zero attached hydrogens (tertiary/aromatic N) is 1. The number of imidazole rings is 1. The number of aromatic amines is 2. The molecule has 0 saturated heterocycles. The van der Waals surface area contributed by atoms with Crippen LogP contribution >= 0.6 is 0 Å². The van der Waals surface area contributed by atoms with Crippen molar-refractivity contribution in [2.24, 2.45) is 0 Å². The number of rotatable bonds is 7. The van der Waals surface area contributed by atoms with Crippen LogP contribution in [0.2, 0.25) is 0 Å². The maximum absolute atomic E-state index is 12.9. The standard InChI is InChI=1S/C26H24N4O/c31-25(15-14-19-17-27-21-11-5-4-10-20(19)21)28-24(16-18-8-2-1-3-9-18)26-29-22-12-6-7-13-23(22)30-26/h1-13,17,24,27H,14-16H2,(H,28,31)(H,29,30). The molecule has 0 aliphatic rings. The topological polar surface area (TPSA) is 73.6 Å². The maximum atomic E-state index is 12.9. The molecule has 5 aromatic rings. The minimum absolute atomic E-state index is 0.0201. The zero-order valence-electron chi connectivity index (χ0n) is 17.1. The molecule has 1 atom stereocenters. The highest BCUT2D eigenvalue weighted by Crippen LogP contribution is 2.22. The molecule has 31 heavy (non-hydrogen) atoms. The van der Waals surface area contributed by atoms with Crippen molar-refractivity contribution in [3.63, 3.8) is 0 Å². The van der Waals surface area contributed by atoms with Crippen LogP contribution in [-0.4, -0.2) is 20.9 Å². The number of nitrogens with one attached hydrogen (secondary N) is 3. The average Bonchev–Trinajstić information content (AvgIpc) is 3.42. The molecule has 0 spiro atoms. The molecular formula is C26H24N4O. The van der Waals surface area contributed by atoms with Crippen molar-refractivity contribution in [3.8, 4) is 0 Å². The fourth-order valence-corrected chi connectivity index (χ4v) is 4.06. The molecule has 154 valence electrons. The van der Waals surface area contributed by atoms with Gasteiger partial charge in [-0.1, -0.05) is 60.7 Å². The molecule has 5 rings (SSSR count). The highest BCUT2D eigenvalue weighted by Gasteiger charge is 2.19. The van der Waals surface area contributed by atoms with Gasteiger partial charge in [0, 0.05) is 23.5 Å². The van der Waals surface area contributed by atoms with Crippen molar-refractivity contribution in [1.82, 2.24) is 20.3 Å². The first-order valence-electron chi connectivity index (χ1n) is 10.6. The number of aryl methyl sites for hydroxylation is 1. The fourth-order valence-electron chi connectivity index (χ4n) is 4.06. The first-order chi connectivity index (χ1) is 15.3. The van der Waals surface area contributed by atoms with E-state index in [0.717, 1.165) is 33.5 Å². The van der Waals surface area contributed by atoms with Gasteiger partial charge >= 0.3 is 0 Å². The summed E-state index contributed by atoms with van der Waals surface area (Å²) < 4.78 is 0. The van der Waals surface area contributed by atoms with Crippen LogP contribution in [0.3, 0.4) is 0 Å². The lowest BCUT2D eigenvalue weighted by atomic mass is 10.0. The Labute approximate surface area is 180 Å². The van der Waals surface area contributed by atoms with E-state index < -0.39 is 0 Å². The summed E-state index contributed by atoms with van der Waals surface area (Å²) in [5.74, 6) is 0.803. The predicted octanol–water partition coefficient (Wildman–Crippen LogP) is 5.08. The van der Waals surface area contributed by atoms with Crippen LogP contribution in [0.25, 0.3) is 21.9 Å². The number of H-pyrrole nitrogens is 2. The highest BCUT2D eigenvalue weighted by molar-refractivity contribution is 5.84. The molecule has 1 unspecified atom stereocenters. The summed E-state index contributed by atoms with van der Waals surface area (Å²) in [4.78, 5) is 24.3. The third kappa shape index (κ3) is 4.21. The van der Waals surface area contributed by atoms with Crippen LogP contribution in [0.5, 0.6) is 0 Å². The van der Waals surface area contributed by atoms with E-state index in [2.05, 4.69) is 39.6 Å². The van der Waals surface area contributed by atoms with Crippen molar-refractivity contribution in [2.45, 2.75) is 25.3 Å². The third-order valence-electron chi connectivity index (χ3n) is 5.65. The summed E-state index contributed by atoms with van der Waals surface area (Å²) >= 11 is 0. The smallest absolute Gasteiger partial charge is 0.220 e. The number of aromatic nitrogens is 3. The number of benzene rings is 3.